The number of ether oxygens (including phenoxy) is 2. The molecular formula is C31H35NO2. The fourth-order valence-corrected chi connectivity index (χ4v) is 7.75. The quantitative estimate of drug-likeness (QED) is 0.512. The summed E-state index contributed by atoms with van der Waals surface area (Å²) in [4.78, 5) is 2.80. The SMILES string of the molecule is C=C1CCC2(OC/C=C/c3ccccc3)C3Cc4ccc(C)c5c4[C@@]2(CCN3CC2CC2)[C@H]1O5. The second kappa shape index (κ2) is 7.57. The van der Waals surface area contributed by atoms with Crippen molar-refractivity contribution in [2.75, 3.05) is 19.7 Å². The van der Waals surface area contributed by atoms with Gasteiger partial charge in [-0.25, -0.2) is 0 Å². The summed E-state index contributed by atoms with van der Waals surface area (Å²) >= 11 is 0. The number of nitrogens with zero attached hydrogens (tertiary/aromatic N) is 1. The van der Waals surface area contributed by atoms with Crippen LogP contribution in [0.5, 0.6) is 5.75 Å². The van der Waals surface area contributed by atoms with Crippen LogP contribution in [0.4, 0.5) is 0 Å². The molecule has 2 saturated carbocycles. The summed E-state index contributed by atoms with van der Waals surface area (Å²) in [6.45, 7) is 9.75. The van der Waals surface area contributed by atoms with E-state index in [-0.39, 0.29) is 17.1 Å². The molecule has 0 aromatic heterocycles. The molecule has 3 fully saturated rings. The van der Waals surface area contributed by atoms with E-state index in [0.717, 1.165) is 43.9 Å². The molecule has 3 aliphatic carbocycles. The summed E-state index contributed by atoms with van der Waals surface area (Å²) in [5, 5.41) is 0. The van der Waals surface area contributed by atoms with Gasteiger partial charge in [0.1, 0.15) is 11.9 Å². The summed E-state index contributed by atoms with van der Waals surface area (Å²) < 4.78 is 14.0. The Bertz CT molecular complexity index is 1170. The molecule has 2 aromatic carbocycles. The Balaban J connectivity index is 1.32. The maximum Gasteiger partial charge on any atom is 0.132 e. The minimum Gasteiger partial charge on any atom is -0.484 e. The van der Waals surface area contributed by atoms with E-state index in [1.54, 1.807) is 0 Å². The van der Waals surface area contributed by atoms with E-state index in [2.05, 4.69) is 73.0 Å². The van der Waals surface area contributed by atoms with Gasteiger partial charge in [0.05, 0.1) is 17.6 Å². The largest absolute Gasteiger partial charge is 0.484 e. The van der Waals surface area contributed by atoms with Crippen LogP contribution in [0.3, 0.4) is 0 Å². The van der Waals surface area contributed by atoms with Crippen LogP contribution in [-0.2, 0) is 16.6 Å². The van der Waals surface area contributed by atoms with Gasteiger partial charge in [-0.3, -0.25) is 4.90 Å². The summed E-state index contributed by atoms with van der Waals surface area (Å²) in [5.74, 6) is 2.01. The molecule has 0 radical (unpaired) electrons. The van der Waals surface area contributed by atoms with Gasteiger partial charge in [-0.15, -0.1) is 0 Å². The number of piperidine rings is 1. The van der Waals surface area contributed by atoms with Gasteiger partial charge in [0.2, 0.25) is 0 Å². The second-order valence-electron chi connectivity index (χ2n) is 11.3. The van der Waals surface area contributed by atoms with E-state index in [0.29, 0.717) is 12.6 Å². The highest BCUT2D eigenvalue weighted by Gasteiger charge is 2.72. The van der Waals surface area contributed by atoms with Crippen molar-refractivity contribution >= 4 is 6.08 Å². The van der Waals surface area contributed by atoms with E-state index >= 15 is 0 Å². The van der Waals surface area contributed by atoms with Gasteiger partial charge in [-0.2, -0.15) is 0 Å². The Morgan fingerprint density at radius 3 is 2.82 bits per heavy atom. The molecule has 34 heavy (non-hydrogen) atoms. The molecule has 1 saturated heterocycles. The molecule has 3 heteroatoms. The molecule has 4 atom stereocenters. The molecular weight excluding hydrogens is 418 g/mol. The lowest BCUT2D eigenvalue weighted by Crippen LogP contribution is -2.76. The smallest absolute Gasteiger partial charge is 0.132 e. The van der Waals surface area contributed by atoms with Crippen LogP contribution in [-0.4, -0.2) is 42.3 Å². The minimum atomic E-state index is -0.223. The molecule has 2 aromatic rings. The number of hydrogen-bond donors (Lipinski definition) is 0. The molecule has 2 aliphatic heterocycles. The topological polar surface area (TPSA) is 21.7 Å². The van der Waals surface area contributed by atoms with Crippen molar-refractivity contribution in [1.82, 2.24) is 4.90 Å². The lowest BCUT2D eigenvalue weighted by Gasteiger charge is -2.65. The molecule has 2 heterocycles. The third-order valence-electron chi connectivity index (χ3n) is 9.44. The van der Waals surface area contributed by atoms with Crippen LogP contribution in [0, 0.1) is 12.8 Å². The fourth-order valence-electron chi connectivity index (χ4n) is 7.75. The lowest BCUT2D eigenvalue weighted by molar-refractivity contribution is -0.201. The number of benzene rings is 2. The van der Waals surface area contributed by atoms with Crippen LogP contribution >= 0.6 is 0 Å². The van der Waals surface area contributed by atoms with Gasteiger partial charge in [-0.05, 0) is 80.2 Å². The Labute approximate surface area is 203 Å². The van der Waals surface area contributed by atoms with E-state index in [4.69, 9.17) is 9.47 Å². The van der Waals surface area contributed by atoms with Gasteiger partial charge in [0.15, 0.2) is 0 Å². The Hall–Kier alpha value is -2.36. The molecule has 1 spiro atoms. The van der Waals surface area contributed by atoms with Crippen LogP contribution in [0.1, 0.15) is 54.4 Å². The van der Waals surface area contributed by atoms with Crippen molar-refractivity contribution in [2.45, 2.75) is 68.6 Å². The molecule has 2 bridgehead atoms. The lowest BCUT2D eigenvalue weighted by atomic mass is 9.48. The third kappa shape index (κ3) is 2.83. The van der Waals surface area contributed by atoms with Crippen LogP contribution < -0.4 is 4.74 Å². The summed E-state index contributed by atoms with van der Waals surface area (Å²) in [6.07, 6.45) is 11.4. The molecule has 7 rings (SSSR count). The monoisotopic (exact) mass is 453 g/mol. The first-order chi connectivity index (χ1) is 16.6. The number of rotatable bonds is 6. The molecule has 176 valence electrons. The predicted octanol–water partition coefficient (Wildman–Crippen LogP) is 5.85. The van der Waals surface area contributed by atoms with E-state index in [9.17, 15) is 0 Å². The van der Waals surface area contributed by atoms with Crippen LogP contribution in [0.2, 0.25) is 0 Å². The van der Waals surface area contributed by atoms with Crippen LogP contribution in [0.15, 0.2) is 60.7 Å². The van der Waals surface area contributed by atoms with Gasteiger partial charge in [0, 0.05) is 18.2 Å². The average Bonchev–Trinajstić information content (AvgIpc) is 3.59. The highest BCUT2D eigenvalue weighted by Crippen LogP contribution is 2.66. The maximum absolute atomic E-state index is 7.19. The minimum absolute atomic E-state index is 0.0417. The third-order valence-corrected chi connectivity index (χ3v) is 9.44. The van der Waals surface area contributed by atoms with Gasteiger partial charge in [0.25, 0.3) is 0 Å². The number of likely N-dealkylation sites (tertiary alicyclic amines) is 1. The van der Waals surface area contributed by atoms with E-state index < -0.39 is 0 Å². The Morgan fingerprint density at radius 1 is 1.15 bits per heavy atom. The van der Waals surface area contributed by atoms with E-state index in [1.165, 1.54) is 47.2 Å². The van der Waals surface area contributed by atoms with Crippen molar-refractivity contribution in [3.63, 3.8) is 0 Å². The standard InChI is InChI=1S/C31H35NO2/c1-21-10-13-25-19-26-31(33-18-6-9-23-7-4-3-5-8-23)15-14-22(2)29-30(31,27(25)28(21)34-29)16-17-32(26)20-24-11-12-24/h3-10,13,24,26,29H,2,11-12,14-20H2,1H3/b9-6+/t26?,29-,30-,31?/m0/s1. The van der Waals surface area contributed by atoms with Crippen molar-refractivity contribution < 1.29 is 9.47 Å². The molecule has 3 nitrogen and oxygen atoms in total. The molecule has 0 N–H and O–H groups in total. The van der Waals surface area contributed by atoms with Crippen molar-refractivity contribution in [2.24, 2.45) is 5.92 Å². The fraction of sp³-hybridized carbons (Fsp3) is 0.484. The summed E-state index contributed by atoms with van der Waals surface area (Å²) in [7, 11) is 0. The summed E-state index contributed by atoms with van der Waals surface area (Å²) in [6, 6.07) is 15.6. The first-order valence-corrected chi connectivity index (χ1v) is 13.2. The predicted molar refractivity (Wildman–Crippen MR) is 136 cm³/mol. The van der Waals surface area contributed by atoms with Gasteiger partial charge >= 0.3 is 0 Å². The second-order valence-corrected chi connectivity index (χ2v) is 11.3. The summed E-state index contributed by atoms with van der Waals surface area (Å²) in [5.41, 5.74) is 6.36. The van der Waals surface area contributed by atoms with E-state index in [1.807, 2.05) is 0 Å². The highest BCUT2D eigenvalue weighted by atomic mass is 16.5. The zero-order valence-corrected chi connectivity index (χ0v) is 20.3. The zero-order valence-electron chi connectivity index (χ0n) is 20.3. The number of hydrogen-bond acceptors (Lipinski definition) is 3. The van der Waals surface area contributed by atoms with Crippen LogP contribution in [0.25, 0.3) is 6.08 Å². The van der Waals surface area contributed by atoms with Crippen molar-refractivity contribution in [3.05, 3.63) is 82.9 Å². The first kappa shape index (κ1) is 21.0. The number of aryl methyl sites for hydroxylation is 1. The highest BCUT2D eigenvalue weighted by molar-refractivity contribution is 5.62. The molecule has 2 unspecified atom stereocenters. The van der Waals surface area contributed by atoms with Crippen molar-refractivity contribution in [1.29, 1.82) is 0 Å². The molecule has 0 amide bonds. The molecule has 5 aliphatic rings. The van der Waals surface area contributed by atoms with Gasteiger partial charge < -0.3 is 9.47 Å². The van der Waals surface area contributed by atoms with Crippen molar-refractivity contribution in [3.8, 4) is 5.75 Å². The first-order valence-electron chi connectivity index (χ1n) is 13.2. The normalized spacial score (nSPS) is 33.7. The Morgan fingerprint density at radius 2 is 2.00 bits per heavy atom. The zero-order chi connectivity index (χ0) is 22.9. The van der Waals surface area contributed by atoms with Gasteiger partial charge in [-0.1, -0.05) is 61.2 Å². The Kier molecular flexibility index (Phi) is 4.67. The maximum atomic E-state index is 7.19. The average molecular weight is 454 g/mol.